The van der Waals surface area contributed by atoms with Crippen LogP contribution in [0.15, 0.2) is 53.4 Å². The molecule has 2 aromatic carbocycles. The second kappa shape index (κ2) is 8.80. The van der Waals surface area contributed by atoms with Crippen molar-refractivity contribution in [3.63, 3.8) is 0 Å². The van der Waals surface area contributed by atoms with Gasteiger partial charge in [0.25, 0.3) is 5.91 Å². The van der Waals surface area contributed by atoms with Crippen LogP contribution in [0, 0.1) is 0 Å². The van der Waals surface area contributed by atoms with Gasteiger partial charge in [-0.25, -0.2) is 0 Å². The molecule has 1 fully saturated rings. The fraction of sp³-hybridized carbons (Fsp3) is 0.263. The first kappa shape index (κ1) is 19.1. The fourth-order valence-electron chi connectivity index (χ4n) is 2.74. The highest BCUT2D eigenvalue weighted by Crippen LogP contribution is 2.30. The summed E-state index contributed by atoms with van der Waals surface area (Å²) in [7, 11) is 0. The van der Waals surface area contributed by atoms with Crippen LogP contribution in [0.5, 0.6) is 0 Å². The highest BCUT2D eigenvalue weighted by atomic mass is 35.5. The average molecular weight is 409 g/mol. The zero-order valence-corrected chi connectivity index (χ0v) is 16.4. The van der Waals surface area contributed by atoms with Crippen LogP contribution < -0.4 is 0 Å². The smallest absolute Gasteiger partial charge is 0.253 e. The number of carbonyl (C=O) groups excluding carboxylic acids is 2. The molecule has 7 heteroatoms. The van der Waals surface area contributed by atoms with Crippen LogP contribution in [0.25, 0.3) is 0 Å². The summed E-state index contributed by atoms with van der Waals surface area (Å²) in [5, 5.41) is 1.18. The van der Waals surface area contributed by atoms with Crippen LogP contribution in [-0.4, -0.2) is 53.5 Å². The first-order chi connectivity index (χ1) is 12.5. The number of hydrogen-bond acceptors (Lipinski definition) is 3. The van der Waals surface area contributed by atoms with Gasteiger partial charge >= 0.3 is 0 Å². The van der Waals surface area contributed by atoms with E-state index in [0.29, 0.717) is 47.5 Å². The van der Waals surface area contributed by atoms with Crippen molar-refractivity contribution >= 4 is 46.8 Å². The molecule has 1 aliphatic heterocycles. The van der Waals surface area contributed by atoms with E-state index in [1.165, 1.54) is 11.8 Å². The molecule has 136 valence electrons. The number of nitrogens with zero attached hydrogens (tertiary/aromatic N) is 2. The molecule has 0 saturated carbocycles. The van der Waals surface area contributed by atoms with Crippen LogP contribution in [0.4, 0.5) is 0 Å². The van der Waals surface area contributed by atoms with Crippen molar-refractivity contribution in [2.24, 2.45) is 0 Å². The number of rotatable bonds is 4. The molecular formula is C19H18Cl2N2O2S. The predicted octanol–water partition coefficient (Wildman–Crippen LogP) is 4.07. The lowest BCUT2D eigenvalue weighted by atomic mass is 10.2. The summed E-state index contributed by atoms with van der Waals surface area (Å²) < 4.78 is 0. The molecule has 3 rings (SSSR count). The molecule has 2 amide bonds. The highest BCUT2D eigenvalue weighted by Gasteiger charge is 2.24. The van der Waals surface area contributed by atoms with E-state index in [9.17, 15) is 9.59 Å². The average Bonchev–Trinajstić information content (AvgIpc) is 2.68. The van der Waals surface area contributed by atoms with Crippen molar-refractivity contribution in [3.8, 4) is 0 Å². The standard InChI is InChI=1S/C19H18Cl2N2O2S/c20-15-6-7-16(21)17(12-15)26-13-18(24)22-8-10-23(11-9-22)19(25)14-4-2-1-3-5-14/h1-7,12H,8-11,13H2. The van der Waals surface area contributed by atoms with Gasteiger partial charge in [0.15, 0.2) is 0 Å². The van der Waals surface area contributed by atoms with Crippen LogP contribution in [0.1, 0.15) is 10.4 Å². The number of amides is 2. The third kappa shape index (κ3) is 4.72. The summed E-state index contributed by atoms with van der Waals surface area (Å²) in [6.07, 6.45) is 0. The number of thioether (sulfide) groups is 1. The normalized spacial score (nSPS) is 14.4. The third-order valence-electron chi connectivity index (χ3n) is 4.18. The van der Waals surface area contributed by atoms with Gasteiger partial charge in [-0.05, 0) is 30.3 Å². The molecule has 0 aromatic heterocycles. The number of carbonyl (C=O) groups is 2. The van der Waals surface area contributed by atoms with Crippen molar-refractivity contribution in [2.45, 2.75) is 4.90 Å². The molecule has 0 N–H and O–H groups in total. The molecular weight excluding hydrogens is 391 g/mol. The SMILES string of the molecule is O=C(CSc1cc(Cl)ccc1Cl)N1CCN(C(=O)c2ccccc2)CC1. The summed E-state index contributed by atoms with van der Waals surface area (Å²) >= 11 is 13.5. The van der Waals surface area contributed by atoms with Crippen molar-refractivity contribution in [1.29, 1.82) is 0 Å². The lowest BCUT2D eigenvalue weighted by molar-refractivity contribution is -0.129. The predicted molar refractivity (Wildman–Crippen MR) is 106 cm³/mol. The highest BCUT2D eigenvalue weighted by molar-refractivity contribution is 8.00. The Balaban J connectivity index is 1.50. The zero-order valence-electron chi connectivity index (χ0n) is 14.0. The molecule has 2 aromatic rings. The minimum atomic E-state index is 0.0118. The molecule has 4 nitrogen and oxygen atoms in total. The Morgan fingerprint density at radius 3 is 2.27 bits per heavy atom. The Hall–Kier alpha value is -1.69. The minimum Gasteiger partial charge on any atom is -0.338 e. The summed E-state index contributed by atoms with van der Waals surface area (Å²) in [6, 6.07) is 14.4. The van der Waals surface area contributed by atoms with Gasteiger partial charge in [-0.15, -0.1) is 11.8 Å². The van der Waals surface area contributed by atoms with Gasteiger partial charge in [0, 0.05) is 41.7 Å². The number of benzene rings is 2. The Kier molecular flexibility index (Phi) is 6.46. The van der Waals surface area contributed by atoms with E-state index >= 15 is 0 Å². The largest absolute Gasteiger partial charge is 0.338 e. The van der Waals surface area contributed by atoms with Crippen LogP contribution in [0.2, 0.25) is 10.0 Å². The molecule has 0 unspecified atom stereocenters. The van der Waals surface area contributed by atoms with Gasteiger partial charge in [-0.3, -0.25) is 9.59 Å². The van der Waals surface area contributed by atoms with Gasteiger partial charge in [0.05, 0.1) is 10.8 Å². The Morgan fingerprint density at radius 1 is 0.923 bits per heavy atom. The van der Waals surface area contributed by atoms with Crippen molar-refractivity contribution < 1.29 is 9.59 Å². The molecule has 1 saturated heterocycles. The molecule has 0 spiro atoms. The minimum absolute atomic E-state index is 0.0118. The van der Waals surface area contributed by atoms with Crippen molar-refractivity contribution in [3.05, 3.63) is 64.1 Å². The maximum atomic E-state index is 12.4. The lowest BCUT2D eigenvalue weighted by Crippen LogP contribution is -2.51. The maximum Gasteiger partial charge on any atom is 0.253 e. The van der Waals surface area contributed by atoms with E-state index in [-0.39, 0.29) is 11.8 Å². The number of halogens is 2. The summed E-state index contributed by atoms with van der Waals surface area (Å²) in [5.74, 6) is 0.350. The maximum absolute atomic E-state index is 12.4. The van der Waals surface area contributed by atoms with E-state index in [1.54, 1.807) is 28.0 Å². The van der Waals surface area contributed by atoms with E-state index < -0.39 is 0 Å². The second-order valence-electron chi connectivity index (χ2n) is 5.90. The topological polar surface area (TPSA) is 40.6 Å². The summed E-state index contributed by atoms with van der Waals surface area (Å²) in [5.41, 5.74) is 0.679. The Morgan fingerprint density at radius 2 is 1.58 bits per heavy atom. The Labute approximate surface area is 167 Å². The van der Waals surface area contributed by atoms with E-state index in [1.807, 2.05) is 30.3 Å². The first-order valence-electron chi connectivity index (χ1n) is 8.24. The molecule has 0 bridgehead atoms. The quantitative estimate of drug-likeness (QED) is 0.715. The van der Waals surface area contributed by atoms with E-state index in [2.05, 4.69) is 0 Å². The third-order valence-corrected chi connectivity index (χ3v) is 5.90. The van der Waals surface area contributed by atoms with Crippen molar-refractivity contribution in [2.75, 3.05) is 31.9 Å². The van der Waals surface area contributed by atoms with Gasteiger partial charge in [-0.2, -0.15) is 0 Å². The van der Waals surface area contributed by atoms with Gasteiger partial charge in [0.1, 0.15) is 0 Å². The van der Waals surface area contributed by atoms with E-state index in [4.69, 9.17) is 23.2 Å². The Bertz CT molecular complexity index is 793. The molecule has 0 aliphatic carbocycles. The van der Waals surface area contributed by atoms with Crippen LogP contribution in [-0.2, 0) is 4.79 Å². The second-order valence-corrected chi connectivity index (χ2v) is 7.76. The summed E-state index contributed by atoms with van der Waals surface area (Å²) in [6.45, 7) is 2.17. The van der Waals surface area contributed by atoms with Crippen LogP contribution >= 0.6 is 35.0 Å². The molecule has 0 atom stereocenters. The fourth-order valence-corrected chi connectivity index (χ4v) is 4.14. The first-order valence-corrected chi connectivity index (χ1v) is 9.98. The van der Waals surface area contributed by atoms with E-state index in [0.717, 1.165) is 4.90 Å². The van der Waals surface area contributed by atoms with Gasteiger partial charge in [0.2, 0.25) is 5.91 Å². The molecule has 1 aliphatic rings. The zero-order chi connectivity index (χ0) is 18.5. The molecule has 0 radical (unpaired) electrons. The van der Waals surface area contributed by atoms with Crippen molar-refractivity contribution in [1.82, 2.24) is 9.80 Å². The summed E-state index contributed by atoms with van der Waals surface area (Å²) in [4.78, 5) is 29.3. The molecule has 26 heavy (non-hydrogen) atoms. The number of hydrogen-bond donors (Lipinski definition) is 0. The van der Waals surface area contributed by atoms with Crippen LogP contribution in [0.3, 0.4) is 0 Å². The van der Waals surface area contributed by atoms with Gasteiger partial charge < -0.3 is 9.80 Å². The lowest BCUT2D eigenvalue weighted by Gasteiger charge is -2.34. The molecule has 1 heterocycles. The van der Waals surface area contributed by atoms with Gasteiger partial charge in [-0.1, -0.05) is 41.4 Å². The number of piperazine rings is 1. The monoisotopic (exact) mass is 408 g/mol.